The SMILES string of the molecule is O=C(O)c1ccccc1.O=C1NCCO1. The summed E-state index contributed by atoms with van der Waals surface area (Å²) in [5.74, 6) is -0.879. The van der Waals surface area contributed by atoms with E-state index in [0.29, 0.717) is 18.7 Å². The number of carboxylic acids is 1. The van der Waals surface area contributed by atoms with E-state index in [2.05, 4.69) is 10.1 Å². The molecule has 1 heterocycles. The number of nitrogens with one attached hydrogen (secondary N) is 1. The van der Waals surface area contributed by atoms with Gasteiger partial charge in [0.05, 0.1) is 12.1 Å². The highest BCUT2D eigenvalue weighted by atomic mass is 16.6. The molecule has 1 aliphatic heterocycles. The molecule has 5 heteroatoms. The summed E-state index contributed by atoms with van der Waals surface area (Å²) in [7, 11) is 0. The second kappa shape index (κ2) is 5.64. The summed E-state index contributed by atoms with van der Waals surface area (Å²) in [5.41, 5.74) is 0.331. The molecule has 5 nitrogen and oxygen atoms in total. The Kier molecular flexibility index (Phi) is 4.15. The van der Waals surface area contributed by atoms with Crippen LogP contribution in [0.15, 0.2) is 30.3 Å². The Morgan fingerprint density at radius 3 is 2.27 bits per heavy atom. The molecule has 1 aromatic carbocycles. The number of rotatable bonds is 1. The van der Waals surface area contributed by atoms with Crippen molar-refractivity contribution in [2.24, 2.45) is 0 Å². The zero-order valence-electron chi connectivity index (χ0n) is 7.97. The molecule has 2 N–H and O–H groups in total. The van der Waals surface area contributed by atoms with Crippen LogP contribution in [0.25, 0.3) is 0 Å². The maximum absolute atomic E-state index is 10.2. The molecule has 15 heavy (non-hydrogen) atoms. The number of carbonyl (C=O) groups excluding carboxylic acids is 1. The lowest BCUT2D eigenvalue weighted by Crippen LogP contribution is -2.11. The monoisotopic (exact) mass is 209 g/mol. The number of ether oxygens (including phenoxy) is 1. The number of hydrogen-bond donors (Lipinski definition) is 2. The van der Waals surface area contributed by atoms with Gasteiger partial charge in [0.15, 0.2) is 0 Å². The van der Waals surface area contributed by atoms with Crippen LogP contribution in [0.5, 0.6) is 0 Å². The van der Waals surface area contributed by atoms with Gasteiger partial charge in [0.1, 0.15) is 6.61 Å². The Balaban J connectivity index is 0.000000162. The molecule has 0 radical (unpaired) electrons. The number of carboxylic acid groups (broad SMARTS) is 1. The Morgan fingerprint density at radius 2 is 2.00 bits per heavy atom. The molecule has 0 unspecified atom stereocenters. The summed E-state index contributed by atoms with van der Waals surface area (Å²) in [4.78, 5) is 20.1. The third kappa shape index (κ3) is 4.12. The first-order valence-corrected chi connectivity index (χ1v) is 4.39. The van der Waals surface area contributed by atoms with Crippen LogP contribution in [0.1, 0.15) is 10.4 Å². The topological polar surface area (TPSA) is 75.6 Å². The Bertz CT molecular complexity index is 329. The molecule has 2 rings (SSSR count). The zero-order valence-corrected chi connectivity index (χ0v) is 7.97. The molecule has 0 atom stereocenters. The van der Waals surface area contributed by atoms with Crippen molar-refractivity contribution < 1.29 is 19.4 Å². The third-order valence-electron chi connectivity index (χ3n) is 1.63. The van der Waals surface area contributed by atoms with Gasteiger partial charge in [0.2, 0.25) is 0 Å². The fourth-order valence-corrected chi connectivity index (χ4v) is 0.929. The Labute approximate surface area is 86.7 Å². The quantitative estimate of drug-likeness (QED) is 0.726. The van der Waals surface area contributed by atoms with E-state index in [1.54, 1.807) is 30.3 Å². The Morgan fingerprint density at radius 1 is 1.33 bits per heavy atom. The van der Waals surface area contributed by atoms with E-state index in [0.717, 1.165) is 0 Å². The molecule has 1 amide bonds. The summed E-state index contributed by atoms with van der Waals surface area (Å²) < 4.78 is 4.40. The predicted molar refractivity (Wildman–Crippen MR) is 52.8 cm³/mol. The average molecular weight is 209 g/mol. The van der Waals surface area contributed by atoms with E-state index in [1.807, 2.05) is 0 Å². The first kappa shape index (κ1) is 11.0. The van der Waals surface area contributed by atoms with Crippen LogP contribution in [-0.2, 0) is 4.74 Å². The minimum absolute atomic E-state index is 0.296. The van der Waals surface area contributed by atoms with Crippen molar-refractivity contribution in [2.45, 2.75) is 0 Å². The number of benzene rings is 1. The second-order valence-corrected chi connectivity index (χ2v) is 2.73. The maximum atomic E-state index is 10.2. The van der Waals surface area contributed by atoms with Gasteiger partial charge in [0.25, 0.3) is 0 Å². The summed E-state index contributed by atoms with van der Waals surface area (Å²) >= 11 is 0. The summed E-state index contributed by atoms with van der Waals surface area (Å²) in [6, 6.07) is 8.30. The molecule has 1 fully saturated rings. The van der Waals surface area contributed by atoms with Crippen molar-refractivity contribution in [1.29, 1.82) is 0 Å². The van der Waals surface area contributed by atoms with Crippen molar-refractivity contribution in [2.75, 3.05) is 13.2 Å². The van der Waals surface area contributed by atoms with E-state index >= 15 is 0 Å². The van der Waals surface area contributed by atoms with Gasteiger partial charge in [-0.2, -0.15) is 0 Å². The molecule has 0 saturated carbocycles. The molecule has 0 spiro atoms. The van der Waals surface area contributed by atoms with Crippen LogP contribution in [-0.4, -0.2) is 30.3 Å². The van der Waals surface area contributed by atoms with Gasteiger partial charge >= 0.3 is 12.1 Å². The number of amides is 1. The van der Waals surface area contributed by atoms with Crippen LogP contribution in [0.2, 0.25) is 0 Å². The van der Waals surface area contributed by atoms with Crippen molar-refractivity contribution in [3.63, 3.8) is 0 Å². The van der Waals surface area contributed by atoms with Crippen molar-refractivity contribution in [3.05, 3.63) is 35.9 Å². The minimum Gasteiger partial charge on any atom is -0.478 e. The van der Waals surface area contributed by atoms with Gasteiger partial charge in [-0.15, -0.1) is 0 Å². The molecule has 0 bridgehead atoms. The lowest BCUT2D eigenvalue weighted by atomic mass is 10.2. The fourth-order valence-electron chi connectivity index (χ4n) is 0.929. The second-order valence-electron chi connectivity index (χ2n) is 2.73. The van der Waals surface area contributed by atoms with Gasteiger partial charge in [-0.1, -0.05) is 18.2 Å². The van der Waals surface area contributed by atoms with E-state index < -0.39 is 5.97 Å². The lowest BCUT2D eigenvalue weighted by molar-refractivity contribution is 0.0697. The molecule has 1 aliphatic rings. The van der Waals surface area contributed by atoms with Gasteiger partial charge in [-0.05, 0) is 12.1 Å². The smallest absolute Gasteiger partial charge is 0.407 e. The zero-order chi connectivity index (χ0) is 11.1. The van der Waals surface area contributed by atoms with E-state index in [4.69, 9.17) is 5.11 Å². The first-order chi connectivity index (χ1) is 7.20. The van der Waals surface area contributed by atoms with Crippen molar-refractivity contribution in [1.82, 2.24) is 5.32 Å². The van der Waals surface area contributed by atoms with Crippen molar-refractivity contribution in [3.8, 4) is 0 Å². The van der Waals surface area contributed by atoms with Crippen molar-refractivity contribution >= 4 is 12.1 Å². The molecule has 1 saturated heterocycles. The minimum atomic E-state index is -0.879. The predicted octanol–water partition coefficient (Wildman–Crippen LogP) is 1.11. The number of alkyl carbamates (subject to hydrolysis) is 1. The number of cyclic esters (lactones) is 1. The van der Waals surface area contributed by atoms with E-state index in [9.17, 15) is 9.59 Å². The highest BCUT2D eigenvalue weighted by Gasteiger charge is 2.06. The van der Waals surface area contributed by atoms with Crippen LogP contribution in [0.4, 0.5) is 4.79 Å². The fraction of sp³-hybridized carbons (Fsp3) is 0.200. The number of hydrogen-bond acceptors (Lipinski definition) is 3. The number of aromatic carboxylic acids is 1. The largest absolute Gasteiger partial charge is 0.478 e. The van der Waals surface area contributed by atoms with Crippen LogP contribution in [0.3, 0.4) is 0 Å². The van der Waals surface area contributed by atoms with Gasteiger partial charge < -0.3 is 15.2 Å². The van der Waals surface area contributed by atoms with Crippen LogP contribution >= 0.6 is 0 Å². The molecular formula is C10H11NO4. The summed E-state index contributed by atoms with van der Waals surface area (Å²) in [5, 5.41) is 10.8. The lowest BCUT2D eigenvalue weighted by Gasteiger charge is -1.88. The number of carbonyl (C=O) groups is 2. The van der Waals surface area contributed by atoms with Gasteiger partial charge in [0, 0.05) is 0 Å². The standard InChI is InChI=1S/C7H6O2.C3H5NO2/c8-7(9)6-4-2-1-3-5-6;5-3-4-1-2-6-3/h1-5H,(H,8,9);1-2H2,(H,4,5). The highest BCUT2D eigenvalue weighted by Crippen LogP contribution is 1.96. The summed E-state index contributed by atoms with van der Waals surface area (Å²) in [6.07, 6.45) is -0.296. The van der Waals surface area contributed by atoms with Crippen LogP contribution < -0.4 is 5.32 Å². The Hall–Kier alpha value is -2.04. The van der Waals surface area contributed by atoms with E-state index in [-0.39, 0.29) is 6.09 Å². The van der Waals surface area contributed by atoms with Gasteiger partial charge in [-0.25, -0.2) is 9.59 Å². The molecular weight excluding hydrogens is 198 g/mol. The third-order valence-corrected chi connectivity index (χ3v) is 1.63. The maximum Gasteiger partial charge on any atom is 0.407 e. The molecule has 0 aliphatic carbocycles. The van der Waals surface area contributed by atoms with E-state index in [1.165, 1.54) is 0 Å². The molecule has 0 aromatic heterocycles. The first-order valence-electron chi connectivity index (χ1n) is 4.39. The normalized spacial score (nSPS) is 13.2. The average Bonchev–Trinajstić information content (AvgIpc) is 2.71. The molecule has 1 aromatic rings. The summed E-state index contributed by atoms with van der Waals surface area (Å²) in [6.45, 7) is 1.19. The van der Waals surface area contributed by atoms with Gasteiger partial charge in [-0.3, -0.25) is 0 Å². The molecule has 80 valence electrons. The highest BCUT2D eigenvalue weighted by molar-refractivity contribution is 5.87. The van der Waals surface area contributed by atoms with Crippen LogP contribution in [0, 0.1) is 0 Å².